The van der Waals surface area contributed by atoms with E-state index in [1.54, 1.807) is 0 Å². The average molecular weight is 254 g/mol. The number of benzene rings is 1. The maximum Gasteiger partial charge on any atom is 0.0489 e. The Morgan fingerprint density at radius 2 is 2.14 bits per heavy atom. The van der Waals surface area contributed by atoms with E-state index in [1.807, 2.05) is 0 Å². The molecule has 0 aromatic heterocycles. The van der Waals surface area contributed by atoms with Gasteiger partial charge in [-0.1, -0.05) is 19.1 Å². The lowest BCUT2D eigenvalue weighted by Crippen LogP contribution is -2.36. The highest BCUT2D eigenvalue weighted by molar-refractivity contribution is 9.10. The summed E-state index contributed by atoms with van der Waals surface area (Å²) in [6.45, 7) is 4.43. The van der Waals surface area contributed by atoms with E-state index in [-0.39, 0.29) is 0 Å². The minimum Gasteiger partial charge on any atom is -0.381 e. The summed E-state index contributed by atoms with van der Waals surface area (Å²) < 4.78 is 1.21. The van der Waals surface area contributed by atoms with Gasteiger partial charge in [-0.3, -0.25) is 0 Å². The fourth-order valence-electron chi connectivity index (χ4n) is 1.84. The quantitative estimate of drug-likeness (QED) is 0.842. The molecule has 1 saturated carbocycles. The summed E-state index contributed by atoms with van der Waals surface area (Å²) in [6, 6.07) is 7.04. The molecule has 0 saturated heterocycles. The predicted molar refractivity (Wildman–Crippen MR) is 64.7 cm³/mol. The van der Waals surface area contributed by atoms with Gasteiger partial charge in [0.25, 0.3) is 0 Å². The molecule has 1 N–H and O–H groups in total. The lowest BCUT2D eigenvalue weighted by molar-refractivity contribution is 0.303. The van der Waals surface area contributed by atoms with Crippen LogP contribution in [-0.4, -0.2) is 6.04 Å². The second-order valence-corrected chi connectivity index (χ2v) is 5.03. The van der Waals surface area contributed by atoms with Crippen LogP contribution in [0.4, 0.5) is 5.69 Å². The Labute approximate surface area is 94.0 Å². The largest absolute Gasteiger partial charge is 0.381 e. The van der Waals surface area contributed by atoms with Crippen LogP contribution in [0, 0.1) is 12.8 Å². The molecule has 1 aliphatic rings. The van der Waals surface area contributed by atoms with Crippen LogP contribution < -0.4 is 5.32 Å². The minimum absolute atomic E-state index is 0.674. The molecule has 0 heterocycles. The maximum atomic E-state index is 3.62. The molecule has 76 valence electrons. The summed E-state index contributed by atoms with van der Waals surface area (Å²) in [4.78, 5) is 0. The molecule has 1 aromatic rings. The average Bonchev–Trinajstić information content (AvgIpc) is 2.18. The van der Waals surface area contributed by atoms with Gasteiger partial charge in [-0.15, -0.1) is 0 Å². The van der Waals surface area contributed by atoms with Crippen molar-refractivity contribution >= 4 is 21.6 Å². The van der Waals surface area contributed by atoms with Gasteiger partial charge in [0.1, 0.15) is 0 Å². The Morgan fingerprint density at radius 3 is 2.71 bits per heavy atom. The van der Waals surface area contributed by atoms with Gasteiger partial charge in [0, 0.05) is 16.2 Å². The van der Waals surface area contributed by atoms with Crippen LogP contribution in [0.1, 0.15) is 25.3 Å². The van der Waals surface area contributed by atoms with Crippen molar-refractivity contribution in [1.29, 1.82) is 0 Å². The zero-order valence-corrected chi connectivity index (χ0v) is 10.3. The van der Waals surface area contributed by atoms with Crippen LogP contribution in [0.2, 0.25) is 0 Å². The van der Waals surface area contributed by atoms with Crippen LogP contribution in [0.25, 0.3) is 0 Å². The molecule has 0 radical (unpaired) electrons. The number of hydrogen-bond donors (Lipinski definition) is 1. The van der Waals surface area contributed by atoms with E-state index in [9.17, 15) is 0 Å². The number of nitrogens with one attached hydrogen (secondary N) is 1. The Morgan fingerprint density at radius 1 is 1.36 bits per heavy atom. The molecular formula is C12H16BrN. The summed E-state index contributed by atoms with van der Waals surface area (Å²) >= 11 is 3.62. The standard InChI is InChI=1S/C12H16BrN/c1-8-6-7-10(8)14-11-5-3-4-9(2)12(11)13/h3-5,8,10,14H,6-7H2,1-2H3. The zero-order chi connectivity index (χ0) is 10.1. The van der Waals surface area contributed by atoms with Crippen molar-refractivity contribution < 1.29 is 0 Å². The van der Waals surface area contributed by atoms with Gasteiger partial charge < -0.3 is 5.32 Å². The lowest BCUT2D eigenvalue weighted by atomic mass is 9.81. The molecule has 0 spiro atoms. The van der Waals surface area contributed by atoms with Crippen molar-refractivity contribution in [1.82, 2.24) is 0 Å². The van der Waals surface area contributed by atoms with Gasteiger partial charge in [-0.2, -0.15) is 0 Å². The summed E-state index contributed by atoms with van der Waals surface area (Å²) in [5, 5.41) is 3.59. The predicted octanol–water partition coefficient (Wildman–Crippen LogP) is 3.97. The van der Waals surface area contributed by atoms with E-state index < -0.39 is 0 Å². The first-order valence-corrected chi connectivity index (χ1v) is 5.99. The highest BCUT2D eigenvalue weighted by Gasteiger charge is 2.26. The number of hydrogen-bond acceptors (Lipinski definition) is 1. The molecule has 0 aliphatic heterocycles. The van der Waals surface area contributed by atoms with E-state index in [0.29, 0.717) is 6.04 Å². The first-order valence-electron chi connectivity index (χ1n) is 5.20. The molecule has 0 bridgehead atoms. The highest BCUT2D eigenvalue weighted by Crippen LogP contribution is 2.33. The van der Waals surface area contributed by atoms with Gasteiger partial charge in [-0.25, -0.2) is 0 Å². The number of halogens is 1. The summed E-state index contributed by atoms with van der Waals surface area (Å²) in [7, 11) is 0. The van der Waals surface area contributed by atoms with Crippen molar-refractivity contribution in [3.05, 3.63) is 28.2 Å². The normalized spacial score (nSPS) is 25.6. The molecular weight excluding hydrogens is 238 g/mol. The van der Waals surface area contributed by atoms with Gasteiger partial charge in [0.2, 0.25) is 0 Å². The third-order valence-electron chi connectivity index (χ3n) is 3.15. The second kappa shape index (κ2) is 3.93. The van der Waals surface area contributed by atoms with Crippen molar-refractivity contribution in [2.75, 3.05) is 5.32 Å². The number of rotatable bonds is 2. The van der Waals surface area contributed by atoms with E-state index in [2.05, 4.69) is 53.3 Å². The Balaban J connectivity index is 2.12. The third-order valence-corrected chi connectivity index (χ3v) is 4.21. The topological polar surface area (TPSA) is 12.0 Å². The molecule has 1 nitrogen and oxygen atoms in total. The Bertz CT molecular complexity index is 335. The Hall–Kier alpha value is -0.500. The van der Waals surface area contributed by atoms with Crippen molar-refractivity contribution in [2.45, 2.75) is 32.7 Å². The molecule has 1 fully saturated rings. The first kappa shape index (κ1) is 10.0. The second-order valence-electron chi connectivity index (χ2n) is 4.24. The molecule has 0 amide bonds. The summed E-state index contributed by atoms with van der Waals surface area (Å²) in [5.41, 5.74) is 2.53. The molecule has 1 aromatic carbocycles. The van der Waals surface area contributed by atoms with Crippen LogP contribution in [0.15, 0.2) is 22.7 Å². The summed E-state index contributed by atoms with van der Waals surface area (Å²) in [6.07, 6.45) is 2.67. The van der Waals surface area contributed by atoms with Crippen LogP contribution in [0.5, 0.6) is 0 Å². The monoisotopic (exact) mass is 253 g/mol. The zero-order valence-electron chi connectivity index (χ0n) is 8.68. The molecule has 2 atom stereocenters. The van der Waals surface area contributed by atoms with Gasteiger partial charge in [-0.05, 0) is 53.2 Å². The van der Waals surface area contributed by atoms with Crippen molar-refractivity contribution in [3.63, 3.8) is 0 Å². The summed E-state index contributed by atoms with van der Waals surface area (Å²) in [5.74, 6) is 0.822. The fraction of sp³-hybridized carbons (Fsp3) is 0.500. The van der Waals surface area contributed by atoms with E-state index >= 15 is 0 Å². The van der Waals surface area contributed by atoms with E-state index in [4.69, 9.17) is 0 Å². The van der Waals surface area contributed by atoms with Gasteiger partial charge in [0.15, 0.2) is 0 Å². The third kappa shape index (κ3) is 1.81. The van der Waals surface area contributed by atoms with Crippen molar-refractivity contribution in [3.8, 4) is 0 Å². The molecule has 1 aliphatic carbocycles. The number of anilines is 1. The molecule has 2 heteroatoms. The van der Waals surface area contributed by atoms with Crippen LogP contribution in [-0.2, 0) is 0 Å². The van der Waals surface area contributed by atoms with Crippen molar-refractivity contribution in [2.24, 2.45) is 5.92 Å². The minimum atomic E-state index is 0.674. The highest BCUT2D eigenvalue weighted by atomic mass is 79.9. The fourth-order valence-corrected chi connectivity index (χ4v) is 2.22. The molecule has 14 heavy (non-hydrogen) atoms. The smallest absolute Gasteiger partial charge is 0.0489 e. The first-order chi connectivity index (χ1) is 6.68. The SMILES string of the molecule is Cc1cccc(NC2CCC2C)c1Br. The number of aryl methyl sites for hydroxylation is 1. The van der Waals surface area contributed by atoms with Crippen LogP contribution in [0.3, 0.4) is 0 Å². The molecule has 2 rings (SSSR count). The molecule has 2 unspecified atom stereocenters. The maximum absolute atomic E-state index is 3.62. The van der Waals surface area contributed by atoms with Gasteiger partial charge in [0.05, 0.1) is 0 Å². The van der Waals surface area contributed by atoms with Gasteiger partial charge >= 0.3 is 0 Å². The van der Waals surface area contributed by atoms with Crippen LogP contribution >= 0.6 is 15.9 Å². The lowest BCUT2D eigenvalue weighted by Gasteiger charge is -2.35. The van der Waals surface area contributed by atoms with E-state index in [1.165, 1.54) is 28.6 Å². The Kier molecular flexibility index (Phi) is 2.82. The van der Waals surface area contributed by atoms with E-state index in [0.717, 1.165) is 5.92 Å².